The molecule has 0 spiro atoms. The van der Waals surface area contributed by atoms with Gasteiger partial charge < -0.3 is 15.7 Å². The Kier molecular flexibility index (Phi) is 5.74. The lowest BCUT2D eigenvalue weighted by molar-refractivity contribution is 0.267. The van der Waals surface area contributed by atoms with Crippen LogP contribution in [0, 0.1) is 5.92 Å². The zero-order valence-corrected chi connectivity index (χ0v) is 13.5. The van der Waals surface area contributed by atoms with Crippen LogP contribution in [-0.4, -0.2) is 34.8 Å². The number of aliphatic hydroxyl groups is 1. The van der Waals surface area contributed by atoms with E-state index < -0.39 is 0 Å². The van der Waals surface area contributed by atoms with Crippen LogP contribution in [0.2, 0.25) is 0 Å². The summed E-state index contributed by atoms with van der Waals surface area (Å²) in [5, 5.41) is 15.7. The van der Waals surface area contributed by atoms with E-state index in [1.165, 1.54) is 0 Å². The first-order valence-corrected chi connectivity index (χ1v) is 7.22. The smallest absolute Gasteiger partial charge is 0.138 e. The van der Waals surface area contributed by atoms with Crippen LogP contribution in [0.4, 0.5) is 11.6 Å². The third kappa shape index (κ3) is 4.63. The van der Waals surface area contributed by atoms with Gasteiger partial charge in [-0.25, -0.2) is 9.97 Å². The van der Waals surface area contributed by atoms with E-state index in [9.17, 15) is 0 Å². The van der Waals surface area contributed by atoms with E-state index in [1.807, 2.05) is 13.1 Å². The molecule has 0 bridgehead atoms. The molecule has 1 heterocycles. The average Bonchev–Trinajstić information content (AvgIpc) is 2.36. The van der Waals surface area contributed by atoms with Crippen LogP contribution in [0.5, 0.6) is 0 Å². The number of nitrogens with zero attached hydrogens (tertiary/aromatic N) is 2. The van der Waals surface area contributed by atoms with Crippen molar-refractivity contribution in [2.75, 3.05) is 24.3 Å². The molecule has 1 aromatic heterocycles. The monoisotopic (exact) mass is 280 g/mol. The van der Waals surface area contributed by atoms with Gasteiger partial charge >= 0.3 is 0 Å². The summed E-state index contributed by atoms with van der Waals surface area (Å²) in [6, 6.07) is 2.11. The highest BCUT2D eigenvalue weighted by Gasteiger charge is 2.20. The maximum atomic E-state index is 9.16. The van der Waals surface area contributed by atoms with Crippen molar-refractivity contribution in [1.82, 2.24) is 9.97 Å². The molecule has 114 valence electrons. The van der Waals surface area contributed by atoms with Crippen LogP contribution >= 0.6 is 0 Å². The predicted molar refractivity (Wildman–Crippen MR) is 84.2 cm³/mol. The number of aromatic nitrogens is 2. The third-order valence-electron chi connectivity index (χ3n) is 3.23. The Morgan fingerprint density at radius 2 is 1.80 bits per heavy atom. The van der Waals surface area contributed by atoms with Crippen molar-refractivity contribution in [1.29, 1.82) is 0 Å². The summed E-state index contributed by atoms with van der Waals surface area (Å²) in [5.41, 5.74) is -0.104. The van der Waals surface area contributed by atoms with Gasteiger partial charge in [0, 0.05) is 31.2 Å². The van der Waals surface area contributed by atoms with Crippen molar-refractivity contribution in [2.24, 2.45) is 5.92 Å². The molecule has 0 aromatic carbocycles. The van der Waals surface area contributed by atoms with Gasteiger partial charge in [-0.3, -0.25) is 0 Å². The third-order valence-corrected chi connectivity index (χ3v) is 3.23. The molecule has 0 radical (unpaired) electrons. The van der Waals surface area contributed by atoms with Gasteiger partial charge in [-0.15, -0.1) is 0 Å². The Morgan fingerprint density at radius 3 is 2.25 bits per heavy atom. The Labute approximate surface area is 122 Å². The molecular formula is C15H28N4O. The molecule has 1 atom stereocenters. The summed E-state index contributed by atoms with van der Waals surface area (Å²) in [6.45, 7) is 10.7. The number of aliphatic hydroxyl groups excluding tert-OH is 1. The van der Waals surface area contributed by atoms with Crippen molar-refractivity contribution >= 4 is 11.6 Å². The molecule has 0 saturated heterocycles. The average molecular weight is 280 g/mol. The van der Waals surface area contributed by atoms with Gasteiger partial charge in [-0.1, -0.05) is 34.6 Å². The molecular weight excluding hydrogens is 252 g/mol. The van der Waals surface area contributed by atoms with Gasteiger partial charge in [-0.2, -0.15) is 0 Å². The molecule has 1 aromatic rings. The molecule has 1 unspecified atom stereocenters. The van der Waals surface area contributed by atoms with Gasteiger partial charge in [-0.05, 0) is 12.3 Å². The van der Waals surface area contributed by atoms with E-state index in [0.717, 1.165) is 17.5 Å². The lowest BCUT2D eigenvalue weighted by atomic mass is 9.95. The fourth-order valence-electron chi connectivity index (χ4n) is 1.89. The summed E-state index contributed by atoms with van der Waals surface area (Å²) in [4.78, 5) is 9.12. The van der Waals surface area contributed by atoms with E-state index in [4.69, 9.17) is 5.11 Å². The first kappa shape index (κ1) is 16.7. The van der Waals surface area contributed by atoms with Crippen molar-refractivity contribution < 1.29 is 5.11 Å². The summed E-state index contributed by atoms with van der Waals surface area (Å²) >= 11 is 0. The zero-order valence-electron chi connectivity index (χ0n) is 13.5. The standard InChI is InChI=1S/C15H28N4O/c1-10(2)11(7-8-20)17-13-9-12(16-6)18-14(19-13)15(3,4)5/h9-11,20H,7-8H2,1-6H3,(H2,16,17,18,19). The number of rotatable bonds is 6. The second-order valence-electron chi connectivity index (χ2n) is 6.47. The predicted octanol–water partition coefficient (Wildman–Crippen LogP) is 2.63. The molecule has 0 fully saturated rings. The Bertz CT molecular complexity index is 426. The van der Waals surface area contributed by atoms with Gasteiger partial charge in [0.25, 0.3) is 0 Å². The second-order valence-corrected chi connectivity index (χ2v) is 6.47. The fraction of sp³-hybridized carbons (Fsp3) is 0.733. The van der Waals surface area contributed by atoms with E-state index in [1.54, 1.807) is 0 Å². The van der Waals surface area contributed by atoms with Crippen molar-refractivity contribution in [3.05, 3.63) is 11.9 Å². The van der Waals surface area contributed by atoms with Crippen LogP contribution in [0.15, 0.2) is 6.07 Å². The summed E-state index contributed by atoms with van der Waals surface area (Å²) in [6.07, 6.45) is 0.710. The van der Waals surface area contributed by atoms with Gasteiger partial charge in [0.15, 0.2) is 0 Å². The minimum absolute atomic E-state index is 0.104. The number of nitrogens with one attached hydrogen (secondary N) is 2. The van der Waals surface area contributed by atoms with E-state index in [-0.39, 0.29) is 18.1 Å². The van der Waals surface area contributed by atoms with Gasteiger partial charge in [0.1, 0.15) is 17.5 Å². The second kappa shape index (κ2) is 6.88. The van der Waals surface area contributed by atoms with Crippen LogP contribution in [-0.2, 0) is 5.41 Å². The lowest BCUT2D eigenvalue weighted by Crippen LogP contribution is -2.28. The van der Waals surface area contributed by atoms with Crippen molar-refractivity contribution in [3.8, 4) is 0 Å². The van der Waals surface area contributed by atoms with Crippen LogP contribution in [0.1, 0.15) is 46.9 Å². The highest BCUT2D eigenvalue weighted by molar-refractivity contribution is 5.48. The Balaban J connectivity index is 3.04. The first-order chi connectivity index (χ1) is 9.27. The van der Waals surface area contributed by atoms with Crippen LogP contribution < -0.4 is 10.6 Å². The Morgan fingerprint density at radius 1 is 1.20 bits per heavy atom. The maximum Gasteiger partial charge on any atom is 0.138 e. The van der Waals surface area contributed by atoms with Gasteiger partial charge in [0.05, 0.1) is 0 Å². The van der Waals surface area contributed by atoms with Crippen molar-refractivity contribution in [2.45, 2.75) is 52.5 Å². The molecule has 3 N–H and O–H groups in total. The normalized spacial score (nSPS) is 13.4. The SMILES string of the molecule is CNc1cc(NC(CCO)C(C)C)nc(C(C)(C)C)n1. The zero-order chi connectivity index (χ0) is 15.3. The van der Waals surface area contributed by atoms with Crippen molar-refractivity contribution in [3.63, 3.8) is 0 Å². The highest BCUT2D eigenvalue weighted by atomic mass is 16.3. The largest absolute Gasteiger partial charge is 0.396 e. The fourth-order valence-corrected chi connectivity index (χ4v) is 1.89. The van der Waals surface area contributed by atoms with Gasteiger partial charge in [0.2, 0.25) is 0 Å². The molecule has 20 heavy (non-hydrogen) atoms. The first-order valence-electron chi connectivity index (χ1n) is 7.22. The topological polar surface area (TPSA) is 70.1 Å². The molecule has 0 aliphatic rings. The summed E-state index contributed by atoms with van der Waals surface area (Å²) < 4.78 is 0. The Hall–Kier alpha value is -1.36. The quantitative estimate of drug-likeness (QED) is 0.747. The molecule has 0 aliphatic carbocycles. The molecule has 5 nitrogen and oxygen atoms in total. The van der Waals surface area contributed by atoms with Crippen LogP contribution in [0.3, 0.4) is 0 Å². The lowest BCUT2D eigenvalue weighted by Gasteiger charge is -2.24. The van der Waals surface area contributed by atoms with E-state index in [2.05, 4.69) is 55.2 Å². The molecule has 0 amide bonds. The number of hydrogen-bond acceptors (Lipinski definition) is 5. The summed E-state index contributed by atoms with van der Waals surface area (Å²) in [7, 11) is 1.85. The van der Waals surface area contributed by atoms with E-state index >= 15 is 0 Å². The minimum atomic E-state index is -0.104. The number of anilines is 2. The van der Waals surface area contributed by atoms with E-state index in [0.29, 0.717) is 12.3 Å². The molecule has 0 saturated carbocycles. The molecule has 1 rings (SSSR count). The number of hydrogen-bond donors (Lipinski definition) is 3. The molecule has 5 heteroatoms. The maximum absolute atomic E-state index is 9.16. The minimum Gasteiger partial charge on any atom is -0.396 e. The summed E-state index contributed by atoms with van der Waals surface area (Å²) in [5.74, 6) is 2.84. The molecule has 0 aliphatic heterocycles. The highest BCUT2D eigenvalue weighted by Crippen LogP contribution is 2.23. The van der Waals surface area contributed by atoms with Crippen LogP contribution in [0.25, 0.3) is 0 Å².